The van der Waals surface area contributed by atoms with E-state index >= 15 is 0 Å². The monoisotopic (exact) mass is 362 g/mol. The van der Waals surface area contributed by atoms with Crippen LogP contribution in [0.1, 0.15) is 30.1 Å². The van der Waals surface area contributed by atoms with E-state index < -0.39 is 11.5 Å². The van der Waals surface area contributed by atoms with Gasteiger partial charge in [-0.3, -0.25) is 4.79 Å². The Kier molecular flexibility index (Phi) is 4.67. The zero-order chi connectivity index (χ0) is 18.8. The largest absolute Gasteiger partial charge is 0.422 e. The Morgan fingerprint density at radius 2 is 1.78 bits per heavy atom. The van der Waals surface area contributed by atoms with Crippen molar-refractivity contribution in [2.75, 3.05) is 23.3 Å². The first-order valence-corrected chi connectivity index (χ1v) is 9.29. The lowest BCUT2D eigenvalue weighted by atomic mass is 9.99. The molecule has 1 amide bonds. The second-order valence-corrected chi connectivity index (χ2v) is 7.16. The van der Waals surface area contributed by atoms with Gasteiger partial charge in [-0.05, 0) is 55.2 Å². The van der Waals surface area contributed by atoms with Crippen LogP contribution in [0.4, 0.5) is 11.4 Å². The van der Waals surface area contributed by atoms with Gasteiger partial charge in [0, 0.05) is 29.9 Å². The molecule has 0 bridgehead atoms. The Morgan fingerprint density at radius 3 is 2.52 bits per heavy atom. The van der Waals surface area contributed by atoms with Crippen LogP contribution in [0.25, 0.3) is 11.0 Å². The molecule has 1 aromatic heterocycles. The molecule has 0 radical (unpaired) electrons. The number of nitrogens with zero attached hydrogens (tertiary/aromatic N) is 1. The lowest BCUT2D eigenvalue weighted by Gasteiger charge is -2.32. The summed E-state index contributed by atoms with van der Waals surface area (Å²) in [5, 5.41) is 3.50. The third-order valence-electron chi connectivity index (χ3n) is 5.16. The molecule has 0 aliphatic carbocycles. The van der Waals surface area contributed by atoms with E-state index in [4.69, 9.17) is 4.42 Å². The fourth-order valence-electron chi connectivity index (χ4n) is 3.44. The van der Waals surface area contributed by atoms with Gasteiger partial charge < -0.3 is 14.6 Å². The van der Waals surface area contributed by atoms with Crippen LogP contribution in [0.15, 0.2) is 63.8 Å². The third kappa shape index (κ3) is 3.72. The standard InChI is InChI=1S/C22H22N2O3/c1-15-10-12-24(13-11-15)18-8-6-17(7-9-18)23-21(25)19-14-16-4-2-3-5-20(16)27-22(19)26/h2-9,14-15H,10-13H2,1H3,(H,23,25). The number of anilines is 2. The predicted octanol–water partition coefficient (Wildman–Crippen LogP) is 4.28. The Bertz CT molecular complexity index is 1020. The van der Waals surface area contributed by atoms with E-state index in [0.29, 0.717) is 11.3 Å². The number of fused-ring (bicyclic) bond motifs is 1. The van der Waals surface area contributed by atoms with Gasteiger partial charge in [0.25, 0.3) is 5.91 Å². The molecule has 5 heteroatoms. The number of carbonyl (C=O) groups is 1. The Balaban J connectivity index is 1.50. The van der Waals surface area contributed by atoms with Crippen LogP contribution < -0.4 is 15.8 Å². The number of hydrogen-bond donors (Lipinski definition) is 1. The Morgan fingerprint density at radius 1 is 1.07 bits per heavy atom. The Hall–Kier alpha value is -3.08. The van der Waals surface area contributed by atoms with E-state index in [0.717, 1.165) is 30.1 Å². The predicted molar refractivity (Wildman–Crippen MR) is 107 cm³/mol. The zero-order valence-electron chi connectivity index (χ0n) is 15.3. The van der Waals surface area contributed by atoms with Crippen LogP contribution in [-0.2, 0) is 0 Å². The molecule has 138 valence electrons. The second-order valence-electron chi connectivity index (χ2n) is 7.16. The molecule has 0 saturated carbocycles. The van der Waals surface area contributed by atoms with Crippen LogP contribution in [-0.4, -0.2) is 19.0 Å². The van der Waals surface area contributed by atoms with Crippen molar-refractivity contribution in [3.05, 3.63) is 70.6 Å². The molecule has 3 aromatic rings. The van der Waals surface area contributed by atoms with Crippen LogP contribution in [0.5, 0.6) is 0 Å². The van der Waals surface area contributed by atoms with Crippen molar-refractivity contribution in [2.24, 2.45) is 5.92 Å². The summed E-state index contributed by atoms with van der Waals surface area (Å²) in [7, 11) is 0. The van der Waals surface area contributed by atoms with Crippen LogP contribution in [0, 0.1) is 5.92 Å². The average Bonchev–Trinajstić information content (AvgIpc) is 2.68. The maximum Gasteiger partial charge on any atom is 0.349 e. The first-order valence-electron chi connectivity index (χ1n) is 9.29. The summed E-state index contributed by atoms with van der Waals surface area (Å²) >= 11 is 0. The van der Waals surface area contributed by atoms with E-state index in [9.17, 15) is 9.59 Å². The van der Waals surface area contributed by atoms with Crippen LogP contribution >= 0.6 is 0 Å². The summed E-state index contributed by atoms with van der Waals surface area (Å²) in [4.78, 5) is 27.0. The molecule has 27 heavy (non-hydrogen) atoms. The van der Waals surface area contributed by atoms with E-state index in [2.05, 4.69) is 17.1 Å². The summed E-state index contributed by atoms with van der Waals surface area (Å²) in [6.45, 7) is 4.41. The molecule has 1 aliphatic heterocycles. The summed E-state index contributed by atoms with van der Waals surface area (Å²) in [6, 6.07) is 16.5. The van der Waals surface area contributed by atoms with Gasteiger partial charge in [0.2, 0.25) is 0 Å². The highest BCUT2D eigenvalue weighted by molar-refractivity contribution is 6.05. The molecule has 1 fully saturated rings. The number of para-hydroxylation sites is 1. The first-order chi connectivity index (χ1) is 13.1. The van der Waals surface area contributed by atoms with Gasteiger partial charge in [-0.15, -0.1) is 0 Å². The van der Waals surface area contributed by atoms with Crippen molar-refractivity contribution in [2.45, 2.75) is 19.8 Å². The number of nitrogens with one attached hydrogen (secondary N) is 1. The summed E-state index contributed by atoms with van der Waals surface area (Å²) in [5.41, 5.74) is 1.65. The lowest BCUT2D eigenvalue weighted by molar-refractivity contribution is 0.102. The molecule has 4 rings (SSSR count). The van der Waals surface area contributed by atoms with Gasteiger partial charge in [0.15, 0.2) is 0 Å². The van der Waals surface area contributed by atoms with Crippen molar-refractivity contribution in [1.29, 1.82) is 0 Å². The van der Waals surface area contributed by atoms with Gasteiger partial charge in [-0.2, -0.15) is 0 Å². The van der Waals surface area contributed by atoms with Crippen molar-refractivity contribution < 1.29 is 9.21 Å². The van der Waals surface area contributed by atoms with Gasteiger partial charge in [-0.1, -0.05) is 25.1 Å². The number of piperidine rings is 1. The molecule has 0 atom stereocenters. The highest BCUT2D eigenvalue weighted by Crippen LogP contribution is 2.24. The Labute approximate surface area is 157 Å². The van der Waals surface area contributed by atoms with E-state index in [1.807, 2.05) is 36.4 Å². The first kappa shape index (κ1) is 17.3. The summed E-state index contributed by atoms with van der Waals surface area (Å²) in [5.74, 6) is 0.322. The van der Waals surface area contributed by atoms with Crippen molar-refractivity contribution in [3.63, 3.8) is 0 Å². The number of hydrogen-bond acceptors (Lipinski definition) is 4. The molecule has 1 aliphatic rings. The van der Waals surface area contributed by atoms with Gasteiger partial charge in [-0.25, -0.2) is 4.79 Å². The molecule has 2 aromatic carbocycles. The van der Waals surface area contributed by atoms with Gasteiger partial charge in [0.1, 0.15) is 11.1 Å². The quantitative estimate of drug-likeness (QED) is 0.707. The number of rotatable bonds is 3. The lowest BCUT2D eigenvalue weighted by Crippen LogP contribution is -2.32. The highest BCUT2D eigenvalue weighted by atomic mass is 16.4. The summed E-state index contributed by atoms with van der Waals surface area (Å²) in [6.07, 6.45) is 2.41. The molecule has 2 heterocycles. The fraction of sp³-hybridized carbons (Fsp3) is 0.273. The van der Waals surface area contributed by atoms with E-state index in [1.165, 1.54) is 12.8 Å². The topological polar surface area (TPSA) is 62.6 Å². The minimum Gasteiger partial charge on any atom is -0.422 e. The molecule has 5 nitrogen and oxygen atoms in total. The smallest absolute Gasteiger partial charge is 0.349 e. The number of benzene rings is 2. The van der Waals surface area contributed by atoms with Gasteiger partial charge in [0.05, 0.1) is 0 Å². The minimum atomic E-state index is -0.634. The number of carbonyl (C=O) groups excluding carboxylic acids is 1. The average molecular weight is 362 g/mol. The SMILES string of the molecule is CC1CCN(c2ccc(NC(=O)c3cc4ccccc4oc3=O)cc2)CC1. The number of amides is 1. The third-order valence-corrected chi connectivity index (χ3v) is 5.16. The molecule has 1 N–H and O–H groups in total. The molecule has 0 unspecified atom stereocenters. The maximum atomic E-state index is 12.5. The van der Waals surface area contributed by atoms with Crippen LogP contribution in [0.3, 0.4) is 0 Å². The van der Waals surface area contributed by atoms with Gasteiger partial charge >= 0.3 is 5.63 Å². The summed E-state index contributed by atoms with van der Waals surface area (Å²) < 4.78 is 5.24. The zero-order valence-corrected chi connectivity index (χ0v) is 15.3. The molecule has 1 saturated heterocycles. The molecular formula is C22H22N2O3. The van der Waals surface area contributed by atoms with Crippen molar-refractivity contribution in [1.82, 2.24) is 0 Å². The highest BCUT2D eigenvalue weighted by Gasteiger charge is 2.17. The van der Waals surface area contributed by atoms with E-state index in [-0.39, 0.29) is 5.56 Å². The van der Waals surface area contributed by atoms with Crippen molar-refractivity contribution >= 4 is 28.3 Å². The van der Waals surface area contributed by atoms with E-state index in [1.54, 1.807) is 18.2 Å². The van der Waals surface area contributed by atoms with Crippen molar-refractivity contribution in [3.8, 4) is 0 Å². The van der Waals surface area contributed by atoms with Crippen LogP contribution in [0.2, 0.25) is 0 Å². The maximum absolute atomic E-state index is 12.5. The molecule has 0 spiro atoms. The molecular weight excluding hydrogens is 340 g/mol. The normalized spacial score (nSPS) is 15.1. The second kappa shape index (κ2) is 7.27. The minimum absolute atomic E-state index is 0.00259. The fourth-order valence-corrected chi connectivity index (χ4v) is 3.44.